The molecule has 0 aliphatic carbocycles. The minimum absolute atomic E-state index is 0.223. The van der Waals surface area contributed by atoms with E-state index in [0.717, 1.165) is 28.1 Å². The van der Waals surface area contributed by atoms with Crippen LogP contribution in [-0.4, -0.2) is 15.9 Å². The van der Waals surface area contributed by atoms with Crippen LogP contribution in [0.2, 0.25) is 0 Å². The third-order valence-electron chi connectivity index (χ3n) is 3.91. The summed E-state index contributed by atoms with van der Waals surface area (Å²) in [7, 11) is 0. The summed E-state index contributed by atoms with van der Waals surface area (Å²) in [5, 5.41) is 6.06. The van der Waals surface area contributed by atoms with E-state index in [-0.39, 0.29) is 5.91 Å². The first-order chi connectivity index (χ1) is 12.0. The number of anilines is 3. The quantitative estimate of drug-likeness (QED) is 0.743. The van der Waals surface area contributed by atoms with Crippen molar-refractivity contribution in [1.29, 1.82) is 0 Å². The molecule has 0 atom stereocenters. The molecule has 2 N–H and O–H groups in total. The van der Waals surface area contributed by atoms with Crippen molar-refractivity contribution in [2.45, 2.75) is 20.8 Å². The van der Waals surface area contributed by atoms with Crippen molar-refractivity contribution < 1.29 is 4.79 Å². The van der Waals surface area contributed by atoms with Crippen LogP contribution in [0.15, 0.2) is 54.9 Å². The number of hydrogen-bond donors (Lipinski definition) is 2. The molecule has 0 saturated heterocycles. The molecular weight excluding hydrogens is 312 g/mol. The van der Waals surface area contributed by atoms with Gasteiger partial charge in [-0.2, -0.15) is 0 Å². The van der Waals surface area contributed by atoms with Crippen molar-refractivity contribution in [3.8, 4) is 0 Å². The Balaban J connectivity index is 1.72. The fourth-order valence-corrected chi connectivity index (χ4v) is 2.56. The largest absolute Gasteiger partial charge is 0.324 e. The minimum Gasteiger partial charge on any atom is -0.324 e. The number of nitrogens with zero attached hydrogens (tertiary/aromatic N) is 2. The number of aryl methyl sites for hydroxylation is 3. The molecule has 0 radical (unpaired) electrons. The van der Waals surface area contributed by atoms with Crippen molar-refractivity contribution in [3.63, 3.8) is 0 Å². The summed E-state index contributed by atoms with van der Waals surface area (Å²) in [6, 6.07) is 13.8. The van der Waals surface area contributed by atoms with Gasteiger partial charge in [0.1, 0.15) is 0 Å². The Morgan fingerprint density at radius 1 is 0.920 bits per heavy atom. The van der Waals surface area contributed by atoms with Gasteiger partial charge in [0, 0.05) is 23.8 Å². The highest BCUT2D eigenvalue weighted by molar-refractivity contribution is 6.04. The van der Waals surface area contributed by atoms with E-state index in [1.54, 1.807) is 0 Å². The first-order valence-electron chi connectivity index (χ1n) is 8.06. The van der Waals surface area contributed by atoms with Gasteiger partial charge in [0.2, 0.25) is 5.95 Å². The second-order valence-corrected chi connectivity index (χ2v) is 6.01. The molecule has 1 aromatic heterocycles. The van der Waals surface area contributed by atoms with Crippen LogP contribution in [0, 0.1) is 20.8 Å². The molecule has 5 nitrogen and oxygen atoms in total. The zero-order chi connectivity index (χ0) is 17.8. The van der Waals surface area contributed by atoms with E-state index >= 15 is 0 Å². The summed E-state index contributed by atoms with van der Waals surface area (Å²) in [5.74, 6) is 0.230. The number of hydrogen-bond acceptors (Lipinski definition) is 4. The maximum atomic E-state index is 12.4. The van der Waals surface area contributed by atoms with Gasteiger partial charge in [0.15, 0.2) is 0 Å². The lowest BCUT2D eigenvalue weighted by Crippen LogP contribution is -2.14. The molecule has 1 amide bonds. The normalized spacial score (nSPS) is 10.4. The Hall–Kier alpha value is -3.21. The highest BCUT2D eigenvalue weighted by Gasteiger charge is 2.11. The van der Waals surface area contributed by atoms with Crippen molar-refractivity contribution >= 4 is 23.2 Å². The van der Waals surface area contributed by atoms with Gasteiger partial charge >= 0.3 is 0 Å². The van der Waals surface area contributed by atoms with E-state index in [2.05, 4.69) is 20.6 Å². The number of rotatable bonds is 4. The molecule has 0 unspecified atom stereocenters. The number of benzene rings is 2. The standard InChI is InChI=1S/C20H20N4O/c1-13-6-4-9-17(10-13)23-20-21-11-16(12-22-20)19(25)24-18-14(2)7-5-8-15(18)3/h4-12H,1-3H3,(H,24,25)(H,21,22,23). The summed E-state index contributed by atoms with van der Waals surface area (Å²) in [6.07, 6.45) is 3.04. The average molecular weight is 332 g/mol. The SMILES string of the molecule is Cc1cccc(Nc2ncc(C(=O)Nc3c(C)cccc3C)cn2)c1. The van der Waals surface area contributed by atoms with Gasteiger partial charge < -0.3 is 10.6 Å². The summed E-state index contributed by atoms with van der Waals surface area (Å²) >= 11 is 0. The molecule has 126 valence electrons. The molecule has 0 aliphatic heterocycles. The molecule has 0 saturated carbocycles. The summed E-state index contributed by atoms with van der Waals surface area (Å²) in [4.78, 5) is 20.9. The molecule has 1 heterocycles. The zero-order valence-corrected chi connectivity index (χ0v) is 14.5. The van der Waals surface area contributed by atoms with Crippen LogP contribution in [-0.2, 0) is 0 Å². The Morgan fingerprint density at radius 2 is 1.56 bits per heavy atom. The lowest BCUT2D eigenvalue weighted by atomic mass is 10.1. The van der Waals surface area contributed by atoms with E-state index in [1.807, 2.05) is 63.2 Å². The fraction of sp³-hybridized carbons (Fsp3) is 0.150. The van der Waals surface area contributed by atoms with Crippen molar-refractivity contribution in [2.24, 2.45) is 0 Å². The molecule has 2 aromatic carbocycles. The van der Waals surface area contributed by atoms with Crippen LogP contribution in [0.3, 0.4) is 0 Å². The molecule has 0 aliphatic rings. The predicted molar refractivity (Wildman–Crippen MR) is 100 cm³/mol. The lowest BCUT2D eigenvalue weighted by Gasteiger charge is -2.11. The summed E-state index contributed by atoms with van der Waals surface area (Å²) < 4.78 is 0. The first kappa shape index (κ1) is 16.6. The molecule has 0 bridgehead atoms. The zero-order valence-electron chi connectivity index (χ0n) is 14.5. The molecule has 25 heavy (non-hydrogen) atoms. The third kappa shape index (κ3) is 4.01. The van der Waals surface area contributed by atoms with E-state index < -0.39 is 0 Å². The molecule has 0 fully saturated rings. The van der Waals surface area contributed by atoms with Gasteiger partial charge in [-0.15, -0.1) is 0 Å². The second-order valence-electron chi connectivity index (χ2n) is 6.01. The minimum atomic E-state index is -0.223. The van der Waals surface area contributed by atoms with Gasteiger partial charge in [0.05, 0.1) is 5.56 Å². The monoisotopic (exact) mass is 332 g/mol. The van der Waals surface area contributed by atoms with Gasteiger partial charge in [-0.25, -0.2) is 9.97 Å². The van der Waals surface area contributed by atoms with Crippen molar-refractivity contribution in [1.82, 2.24) is 9.97 Å². The lowest BCUT2D eigenvalue weighted by molar-refractivity contribution is 0.102. The Labute approximate surface area is 147 Å². The smallest absolute Gasteiger partial charge is 0.258 e. The van der Waals surface area contributed by atoms with Crippen molar-refractivity contribution in [3.05, 3.63) is 77.1 Å². The number of amides is 1. The molecular formula is C20H20N4O. The van der Waals surface area contributed by atoms with E-state index in [1.165, 1.54) is 12.4 Å². The van der Waals surface area contributed by atoms with E-state index in [0.29, 0.717) is 11.5 Å². The number of carbonyl (C=O) groups excluding carboxylic acids is 1. The van der Waals surface area contributed by atoms with Gasteiger partial charge in [-0.1, -0.05) is 30.3 Å². The van der Waals surface area contributed by atoms with Crippen LogP contribution in [0.4, 0.5) is 17.3 Å². The number of para-hydroxylation sites is 1. The summed E-state index contributed by atoms with van der Waals surface area (Å²) in [5.41, 5.74) is 5.34. The fourth-order valence-electron chi connectivity index (χ4n) is 2.56. The Kier molecular flexibility index (Phi) is 4.75. The number of aromatic nitrogens is 2. The number of carbonyl (C=O) groups is 1. The van der Waals surface area contributed by atoms with E-state index in [4.69, 9.17) is 0 Å². The maximum Gasteiger partial charge on any atom is 0.258 e. The first-order valence-corrected chi connectivity index (χ1v) is 8.06. The van der Waals surface area contributed by atoms with Gasteiger partial charge in [0.25, 0.3) is 5.91 Å². The van der Waals surface area contributed by atoms with Crippen molar-refractivity contribution in [2.75, 3.05) is 10.6 Å². The van der Waals surface area contributed by atoms with Crippen LogP contribution in [0.5, 0.6) is 0 Å². The highest BCUT2D eigenvalue weighted by Crippen LogP contribution is 2.20. The molecule has 3 aromatic rings. The van der Waals surface area contributed by atoms with Crippen LogP contribution < -0.4 is 10.6 Å². The molecule has 0 spiro atoms. The summed E-state index contributed by atoms with van der Waals surface area (Å²) in [6.45, 7) is 5.95. The van der Waals surface area contributed by atoms with Crippen LogP contribution in [0.25, 0.3) is 0 Å². The maximum absolute atomic E-state index is 12.4. The van der Waals surface area contributed by atoms with Crippen LogP contribution in [0.1, 0.15) is 27.0 Å². The van der Waals surface area contributed by atoms with E-state index in [9.17, 15) is 4.79 Å². The topological polar surface area (TPSA) is 66.9 Å². The Morgan fingerprint density at radius 3 is 2.20 bits per heavy atom. The highest BCUT2D eigenvalue weighted by atomic mass is 16.1. The second kappa shape index (κ2) is 7.13. The third-order valence-corrected chi connectivity index (χ3v) is 3.91. The predicted octanol–water partition coefficient (Wildman–Crippen LogP) is 4.40. The molecule has 5 heteroatoms. The van der Waals surface area contributed by atoms with Crippen LogP contribution >= 0.6 is 0 Å². The Bertz CT molecular complexity index is 884. The van der Waals surface area contributed by atoms with Gasteiger partial charge in [-0.05, 0) is 49.6 Å². The van der Waals surface area contributed by atoms with Gasteiger partial charge in [-0.3, -0.25) is 4.79 Å². The average Bonchev–Trinajstić information content (AvgIpc) is 2.59. The molecule has 3 rings (SSSR count). The number of nitrogens with one attached hydrogen (secondary N) is 2.